The van der Waals surface area contributed by atoms with Crippen LogP contribution in [0.3, 0.4) is 0 Å². The molecule has 2 fully saturated rings. The molecule has 2 heterocycles. The van der Waals surface area contributed by atoms with Gasteiger partial charge in [-0.1, -0.05) is 33.1 Å². The first-order chi connectivity index (χ1) is 10.7. The minimum atomic E-state index is 0. The molecule has 1 spiro atoms. The van der Waals surface area contributed by atoms with Crippen molar-refractivity contribution in [3.05, 3.63) is 0 Å². The maximum absolute atomic E-state index is 5.64. The molecule has 2 unspecified atom stereocenters. The number of nitrogens with one attached hydrogen (secondary N) is 1. The molecular formula is C18H36IN3O. The van der Waals surface area contributed by atoms with Gasteiger partial charge in [0.25, 0.3) is 0 Å². The van der Waals surface area contributed by atoms with Crippen LogP contribution in [0.5, 0.6) is 0 Å². The Morgan fingerprint density at radius 1 is 1.30 bits per heavy atom. The molecule has 2 saturated heterocycles. The zero-order valence-corrected chi connectivity index (χ0v) is 17.6. The lowest BCUT2D eigenvalue weighted by atomic mass is 9.87. The normalized spacial score (nSPS) is 25.7. The topological polar surface area (TPSA) is 36.9 Å². The van der Waals surface area contributed by atoms with E-state index in [0.717, 1.165) is 51.3 Å². The van der Waals surface area contributed by atoms with Gasteiger partial charge in [-0.25, -0.2) is 0 Å². The van der Waals surface area contributed by atoms with E-state index in [1.165, 1.54) is 38.5 Å². The van der Waals surface area contributed by atoms with Gasteiger partial charge in [-0.2, -0.15) is 0 Å². The van der Waals surface area contributed by atoms with E-state index in [-0.39, 0.29) is 24.0 Å². The van der Waals surface area contributed by atoms with Gasteiger partial charge in [-0.15, -0.1) is 24.0 Å². The fourth-order valence-corrected chi connectivity index (χ4v) is 3.65. The van der Waals surface area contributed by atoms with Crippen LogP contribution in [0.4, 0.5) is 0 Å². The van der Waals surface area contributed by atoms with Crippen LogP contribution >= 0.6 is 24.0 Å². The van der Waals surface area contributed by atoms with E-state index in [0.29, 0.717) is 5.41 Å². The lowest BCUT2D eigenvalue weighted by Gasteiger charge is -2.25. The van der Waals surface area contributed by atoms with Crippen molar-refractivity contribution in [2.45, 2.75) is 59.3 Å². The van der Waals surface area contributed by atoms with Crippen molar-refractivity contribution in [3.63, 3.8) is 0 Å². The fraction of sp³-hybridized carbons (Fsp3) is 0.944. The van der Waals surface area contributed by atoms with E-state index in [1.807, 2.05) is 0 Å². The van der Waals surface area contributed by atoms with E-state index in [9.17, 15) is 0 Å². The Labute approximate surface area is 159 Å². The number of likely N-dealkylation sites (tertiary alicyclic amines) is 1. The highest BCUT2D eigenvalue weighted by molar-refractivity contribution is 14.0. The van der Waals surface area contributed by atoms with Crippen LogP contribution in [-0.2, 0) is 4.74 Å². The maximum atomic E-state index is 5.64. The number of guanidine groups is 1. The summed E-state index contributed by atoms with van der Waals surface area (Å²) >= 11 is 0. The summed E-state index contributed by atoms with van der Waals surface area (Å²) in [7, 11) is 0. The number of unbranched alkanes of at least 4 members (excludes halogenated alkanes) is 1. The summed E-state index contributed by atoms with van der Waals surface area (Å²) in [6, 6.07) is 0. The lowest BCUT2D eigenvalue weighted by molar-refractivity contribution is 0.156. The van der Waals surface area contributed by atoms with E-state index in [4.69, 9.17) is 9.73 Å². The van der Waals surface area contributed by atoms with Crippen molar-refractivity contribution < 1.29 is 4.74 Å². The molecule has 0 aliphatic carbocycles. The summed E-state index contributed by atoms with van der Waals surface area (Å²) in [5.41, 5.74) is 0.405. The van der Waals surface area contributed by atoms with Crippen LogP contribution < -0.4 is 5.32 Å². The van der Waals surface area contributed by atoms with Gasteiger partial charge < -0.3 is 15.0 Å². The molecular weight excluding hydrogens is 401 g/mol. The summed E-state index contributed by atoms with van der Waals surface area (Å²) in [6.45, 7) is 12.8. The predicted octanol–water partition coefficient (Wildman–Crippen LogP) is 3.90. The second-order valence-electron chi connectivity index (χ2n) is 7.09. The summed E-state index contributed by atoms with van der Waals surface area (Å²) in [4.78, 5) is 7.43. The second kappa shape index (κ2) is 10.7. The van der Waals surface area contributed by atoms with Crippen molar-refractivity contribution in [1.82, 2.24) is 10.2 Å². The minimum Gasteiger partial charge on any atom is -0.381 e. The zero-order valence-electron chi connectivity index (χ0n) is 15.3. The Hall–Kier alpha value is -0.0400. The van der Waals surface area contributed by atoms with Gasteiger partial charge in [-0.05, 0) is 32.1 Å². The Kier molecular flexibility index (Phi) is 9.82. The molecule has 0 aromatic heterocycles. The molecule has 2 aliphatic rings. The molecule has 0 saturated carbocycles. The molecule has 5 heteroatoms. The quantitative estimate of drug-likeness (QED) is 0.373. The van der Waals surface area contributed by atoms with Crippen molar-refractivity contribution >= 4 is 29.9 Å². The van der Waals surface area contributed by atoms with Crippen molar-refractivity contribution in [2.75, 3.05) is 39.4 Å². The molecule has 0 bridgehead atoms. The van der Waals surface area contributed by atoms with Crippen LogP contribution in [-0.4, -0.2) is 50.3 Å². The number of nitrogens with zero attached hydrogens (tertiary/aromatic N) is 2. The fourth-order valence-electron chi connectivity index (χ4n) is 3.65. The monoisotopic (exact) mass is 437 g/mol. The van der Waals surface area contributed by atoms with Gasteiger partial charge in [0.2, 0.25) is 0 Å². The van der Waals surface area contributed by atoms with Gasteiger partial charge in [0.1, 0.15) is 0 Å². The van der Waals surface area contributed by atoms with Crippen molar-refractivity contribution in [1.29, 1.82) is 0 Å². The van der Waals surface area contributed by atoms with Gasteiger partial charge >= 0.3 is 0 Å². The van der Waals surface area contributed by atoms with Crippen LogP contribution in [0.2, 0.25) is 0 Å². The average molecular weight is 437 g/mol. The van der Waals surface area contributed by atoms with Crippen LogP contribution in [0, 0.1) is 11.3 Å². The standard InChI is InChI=1S/C18H35N3O.HI/c1-4-7-8-16(5-2)13-20-17(19-6-3)21-11-9-18(14-21)10-12-22-15-18;/h16H,4-15H2,1-3H3,(H,19,20);1H. The largest absolute Gasteiger partial charge is 0.381 e. The molecule has 2 rings (SSSR count). The average Bonchev–Trinajstić information content (AvgIpc) is 3.17. The summed E-state index contributed by atoms with van der Waals surface area (Å²) in [5, 5.41) is 3.50. The van der Waals surface area contributed by atoms with Crippen molar-refractivity contribution in [3.8, 4) is 0 Å². The van der Waals surface area contributed by atoms with Gasteiger partial charge in [0.15, 0.2) is 5.96 Å². The summed E-state index contributed by atoms with van der Waals surface area (Å²) < 4.78 is 5.64. The molecule has 0 radical (unpaired) electrons. The first kappa shape index (κ1) is 21.0. The first-order valence-electron chi connectivity index (χ1n) is 9.34. The van der Waals surface area contributed by atoms with Gasteiger partial charge in [0, 0.05) is 38.2 Å². The molecule has 2 aliphatic heterocycles. The third-order valence-electron chi connectivity index (χ3n) is 5.30. The predicted molar refractivity (Wildman–Crippen MR) is 109 cm³/mol. The molecule has 0 aromatic rings. The number of hydrogen-bond acceptors (Lipinski definition) is 2. The van der Waals surface area contributed by atoms with Crippen LogP contribution in [0.15, 0.2) is 4.99 Å². The molecule has 1 N–H and O–H groups in total. The van der Waals surface area contributed by atoms with E-state index in [2.05, 4.69) is 31.0 Å². The SMILES string of the molecule is CCCCC(CC)CN=C(NCC)N1CCC2(CCOC2)C1.I. The molecule has 23 heavy (non-hydrogen) atoms. The van der Waals surface area contributed by atoms with E-state index < -0.39 is 0 Å². The van der Waals surface area contributed by atoms with E-state index in [1.54, 1.807) is 0 Å². The first-order valence-corrected chi connectivity index (χ1v) is 9.34. The highest BCUT2D eigenvalue weighted by Crippen LogP contribution is 2.38. The molecule has 0 amide bonds. The second-order valence-corrected chi connectivity index (χ2v) is 7.09. The Bertz CT molecular complexity index is 356. The Morgan fingerprint density at radius 2 is 2.13 bits per heavy atom. The lowest BCUT2D eigenvalue weighted by Crippen LogP contribution is -2.41. The van der Waals surface area contributed by atoms with E-state index >= 15 is 0 Å². The Morgan fingerprint density at radius 3 is 2.74 bits per heavy atom. The zero-order chi connectivity index (χ0) is 15.8. The third kappa shape index (κ3) is 6.07. The smallest absolute Gasteiger partial charge is 0.193 e. The molecule has 136 valence electrons. The number of hydrogen-bond donors (Lipinski definition) is 1. The van der Waals surface area contributed by atoms with Gasteiger partial charge in [0.05, 0.1) is 6.61 Å². The molecule has 2 atom stereocenters. The maximum Gasteiger partial charge on any atom is 0.193 e. The summed E-state index contributed by atoms with van der Waals surface area (Å²) in [5.74, 6) is 1.86. The van der Waals surface area contributed by atoms with Crippen LogP contribution in [0.25, 0.3) is 0 Å². The Balaban J connectivity index is 0.00000264. The number of rotatable bonds is 7. The van der Waals surface area contributed by atoms with Crippen LogP contribution in [0.1, 0.15) is 59.3 Å². The number of halogens is 1. The summed E-state index contributed by atoms with van der Waals surface area (Å²) in [6.07, 6.45) is 7.64. The minimum absolute atomic E-state index is 0. The number of aliphatic imine (C=N–C) groups is 1. The highest BCUT2D eigenvalue weighted by Gasteiger charge is 2.42. The number of ether oxygens (including phenoxy) is 1. The third-order valence-corrected chi connectivity index (χ3v) is 5.30. The molecule has 4 nitrogen and oxygen atoms in total. The van der Waals surface area contributed by atoms with Gasteiger partial charge in [-0.3, -0.25) is 4.99 Å². The highest BCUT2D eigenvalue weighted by atomic mass is 127. The molecule has 0 aromatic carbocycles. The van der Waals surface area contributed by atoms with Crippen molar-refractivity contribution in [2.24, 2.45) is 16.3 Å².